The molecule has 2 N–H and O–H groups in total. The van der Waals surface area contributed by atoms with Gasteiger partial charge in [0.05, 0.1) is 4.90 Å². The molecule has 0 saturated heterocycles. The molecule has 0 bridgehead atoms. The van der Waals surface area contributed by atoms with E-state index in [-0.39, 0.29) is 22.8 Å². The Morgan fingerprint density at radius 1 is 1.29 bits per heavy atom. The van der Waals surface area contributed by atoms with Crippen LogP contribution in [0.5, 0.6) is 0 Å². The topological polar surface area (TPSA) is 71.1 Å². The first kappa shape index (κ1) is 15.9. The summed E-state index contributed by atoms with van der Waals surface area (Å²) in [6.07, 6.45) is 1.48. The smallest absolute Gasteiger partial charge is 0.263 e. The van der Waals surface area contributed by atoms with E-state index < -0.39 is 15.8 Å². The Morgan fingerprint density at radius 2 is 2.05 bits per heavy atom. The number of nitrogens with one attached hydrogen (secondary N) is 2. The molecule has 0 aliphatic carbocycles. The largest absolute Gasteiger partial charge is 0.316 e. The summed E-state index contributed by atoms with van der Waals surface area (Å²) in [5.41, 5.74) is 0.282. The third-order valence-corrected chi connectivity index (χ3v) is 4.48. The average molecular weight is 374 g/mol. The Labute approximate surface area is 130 Å². The van der Waals surface area contributed by atoms with Crippen molar-refractivity contribution >= 4 is 31.8 Å². The molecular weight excluding hydrogens is 361 g/mol. The van der Waals surface area contributed by atoms with E-state index in [1.165, 1.54) is 24.4 Å². The molecule has 1 aromatic heterocycles. The maximum atomic E-state index is 13.5. The van der Waals surface area contributed by atoms with Crippen molar-refractivity contribution in [2.75, 3.05) is 11.8 Å². The van der Waals surface area contributed by atoms with Gasteiger partial charge in [0, 0.05) is 22.8 Å². The molecule has 0 amide bonds. The van der Waals surface area contributed by atoms with Gasteiger partial charge in [0.25, 0.3) is 10.0 Å². The first-order valence-electron chi connectivity index (χ1n) is 6.00. The van der Waals surface area contributed by atoms with Gasteiger partial charge < -0.3 is 5.32 Å². The zero-order valence-corrected chi connectivity index (χ0v) is 13.5. The van der Waals surface area contributed by atoms with Gasteiger partial charge in [0.15, 0.2) is 0 Å². The molecule has 2 aromatic rings. The van der Waals surface area contributed by atoms with Crippen molar-refractivity contribution < 1.29 is 12.8 Å². The SMILES string of the molecule is CNCc1cc(S(=O)(=O)Nc2ccc(Br)cn2)ccc1F. The summed E-state index contributed by atoms with van der Waals surface area (Å²) in [5.74, 6) is -0.261. The lowest BCUT2D eigenvalue weighted by Gasteiger charge is -2.09. The highest BCUT2D eigenvalue weighted by molar-refractivity contribution is 9.10. The Balaban J connectivity index is 2.31. The number of hydrogen-bond donors (Lipinski definition) is 2. The molecule has 1 aromatic carbocycles. The fourth-order valence-corrected chi connectivity index (χ4v) is 2.97. The normalized spacial score (nSPS) is 11.4. The van der Waals surface area contributed by atoms with Gasteiger partial charge in [-0.1, -0.05) is 0 Å². The first-order valence-corrected chi connectivity index (χ1v) is 8.27. The van der Waals surface area contributed by atoms with Crippen molar-refractivity contribution in [2.24, 2.45) is 0 Å². The van der Waals surface area contributed by atoms with Crippen LogP contribution in [0.1, 0.15) is 5.56 Å². The van der Waals surface area contributed by atoms with Crippen molar-refractivity contribution in [3.63, 3.8) is 0 Å². The van der Waals surface area contributed by atoms with E-state index in [1.807, 2.05) is 0 Å². The molecule has 1 heterocycles. The molecule has 0 aliphatic heterocycles. The summed E-state index contributed by atoms with van der Waals surface area (Å²) in [6.45, 7) is 0.242. The molecule has 0 unspecified atom stereocenters. The van der Waals surface area contributed by atoms with Crippen molar-refractivity contribution in [3.05, 3.63) is 52.4 Å². The van der Waals surface area contributed by atoms with Crippen LogP contribution in [0.2, 0.25) is 0 Å². The molecular formula is C13H13BrFN3O2S. The van der Waals surface area contributed by atoms with Crippen LogP contribution in [0.15, 0.2) is 45.9 Å². The minimum Gasteiger partial charge on any atom is -0.316 e. The fraction of sp³-hybridized carbons (Fsp3) is 0.154. The predicted molar refractivity (Wildman–Crippen MR) is 81.9 cm³/mol. The number of anilines is 1. The molecule has 0 atom stereocenters. The van der Waals surface area contributed by atoms with E-state index in [0.29, 0.717) is 0 Å². The van der Waals surface area contributed by atoms with Crippen LogP contribution in [-0.4, -0.2) is 20.4 Å². The van der Waals surface area contributed by atoms with Gasteiger partial charge in [-0.15, -0.1) is 0 Å². The molecule has 0 fully saturated rings. The fourth-order valence-electron chi connectivity index (χ4n) is 1.68. The number of aromatic nitrogens is 1. The lowest BCUT2D eigenvalue weighted by molar-refractivity contribution is 0.591. The molecule has 0 saturated carbocycles. The third-order valence-electron chi connectivity index (χ3n) is 2.66. The van der Waals surface area contributed by atoms with Gasteiger partial charge in [-0.2, -0.15) is 0 Å². The Morgan fingerprint density at radius 3 is 2.67 bits per heavy atom. The molecule has 0 aliphatic rings. The second kappa shape index (κ2) is 6.50. The van der Waals surface area contributed by atoms with E-state index in [4.69, 9.17) is 0 Å². The van der Waals surface area contributed by atoms with Gasteiger partial charge in [-0.25, -0.2) is 17.8 Å². The van der Waals surface area contributed by atoms with Crippen LogP contribution in [-0.2, 0) is 16.6 Å². The van der Waals surface area contributed by atoms with Crippen molar-refractivity contribution in [1.29, 1.82) is 0 Å². The van der Waals surface area contributed by atoms with E-state index in [9.17, 15) is 12.8 Å². The van der Waals surface area contributed by atoms with Crippen LogP contribution in [0.3, 0.4) is 0 Å². The number of halogens is 2. The van der Waals surface area contributed by atoms with E-state index in [2.05, 4.69) is 31.0 Å². The lowest BCUT2D eigenvalue weighted by Crippen LogP contribution is -2.15. The van der Waals surface area contributed by atoms with Crippen LogP contribution < -0.4 is 10.0 Å². The number of sulfonamides is 1. The standard InChI is InChI=1S/C13H13BrFN3O2S/c1-16-7-9-6-11(3-4-12(9)15)21(19,20)18-13-5-2-10(14)8-17-13/h2-6,8,16H,7H2,1H3,(H,17,18). The van der Waals surface area contributed by atoms with Gasteiger partial charge in [-0.05, 0) is 53.3 Å². The van der Waals surface area contributed by atoms with Crippen molar-refractivity contribution in [2.45, 2.75) is 11.4 Å². The number of pyridine rings is 1. The van der Waals surface area contributed by atoms with Gasteiger partial charge in [0.2, 0.25) is 0 Å². The number of hydrogen-bond acceptors (Lipinski definition) is 4. The van der Waals surface area contributed by atoms with Crippen molar-refractivity contribution in [1.82, 2.24) is 10.3 Å². The summed E-state index contributed by atoms with van der Waals surface area (Å²) in [5, 5.41) is 2.79. The van der Waals surface area contributed by atoms with Gasteiger partial charge in [0.1, 0.15) is 11.6 Å². The third kappa shape index (κ3) is 3.99. The number of rotatable bonds is 5. The number of nitrogens with zero attached hydrogens (tertiary/aromatic N) is 1. The maximum absolute atomic E-state index is 13.5. The van der Waals surface area contributed by atoms with Crippen LogP contribution >= 0.6 is 15.9 Å². The highest BCUT2D eigenvalue weighted by atomic mass is 79.9. The molecule has 0 spiro atoms. The maximum Gasteiger partial charge on any atom is 0.263 e. The highest BCUT2D eigenvalue weighted by Crippen LogP contribution is 2.19. The summed E-state index contributed by atoms with van der Waals surface area (Å²) in [6, 6.07) is 6.85. The zero-order valence-electron chi connectivity index (χ0n) is 11.1. The van der Waals surface area contributed by atoms with Crippen LogP contribution in [0.4, 0.5) is 10.2 Å². The lowest BCUT2D eigenvalue weighted by atomic mass is 10.2. The van der Waals surface area contributed by atoms with Crippen LogP contribution in [0, 0.1) is 5.82 Å². The molecule has 112 valence electrons. The van der Waals surface area contributed by atoms with Gasteiger partial charge >= 0.3 is 0 Å². The Bertz CT molecular complexity index is 736. The average Bonchev–Trinajstić information content (AvgIpc) is 2.43. The van der Waals surface area contributed by atoms with E-state index in [1.54, 1.807) is 13.1 Å². The summed E-state index contributed by atoms with van der Waals surface area (Å²) < 4.78 is 41.1. The molecule has 21 heavy (non-hydrogen) atoms. The predicted octanol–water partition coefficient (Wildman–Crippen LogP) is 2.50. The second-order valence-corrected chi connectivity index (χ2v) is 6.85. The summed E-state index contributed by atoms with van der Waals surface area (Å²) in [7, 11) is -2.15. The molecule has 5 nitrogen and oxygen atoms in total. The minimum absolute atomic E-state index is 0.0149. The second-order valence-electron chi connectivity index (χ2n) is 4.25. The number of benzene rings is 1. The summed E-state index contributed by atoms with van der Waals surface area (Å²) in [4.78, 5) is 3.93. The molecule has 2 rings (SSSR count). The monoisotopic (exact) mass is 373 g/mol. The highest BCUT2D eigenvalue weighted by Gasteiger charge is 2.16. The van der Waals surface area contributed by atoms with E-state index in [0.717, 1.165) is 10.5 Å². The Kier molecular flexibility index (Phi) is 4.92. The van der Waals surface area contributed by atoms with Crippen LogP contribution in [0.25, 0.3) is 0 Å². The first-order chi connectivity index (χ1) is 9.92. The summed E-state index contributed by atoms with van der Waals surface area (Å²) >= 11 is 3.22. The zero-order chi connectivity index (χ0) is 15.5. The minimum atomic E-state index is -3.81. The van der Waals surface area contributed by atoms with Gasteiger partial charge in [-0.3, -0.25) is 4.72 Å². The van der Waals surface area contributed by atoms with E-state index >= 15 is 0 Å². The molecule has 8 heteroatoms. The quantitative estimate of drug-likeness (QED) is 0.844. The molecule has 0 radical (unpaired) electrons. The Hall–Kier alpha value is -1.51. The van der Waals surface area contributed by atoms with Crippen molar-refractivity contribution in [3.8, 4) is 0 Å².